The standard InChI is InChI=1S/C17H13Cl3N6O/c1-8-6-9(2-4-11(8)18)25-14(21)15(22)26(17-16(25)23-27-24-17)10-3-5-12(19)13(20)7-10/h2-7,21-24H,1H3. The molecule has 0 aliphatic carbocycles. The number of halogens is 3. The van der Waals surface area contributed by atoms with Crippen molar-refractivity contribution < 1.29 is 4.94 Å². The number of aryl methyl sites for hydroxylation is 1. The summed E-state index contributed by atoms with van der Waals surface area (Å²) >= 11 is 18.2. The van der Waals surface area contributed by atoms with E-state index in [4.69, 9.17) is 50.6 Å². The summed E-state index contributed by atoms with van der Waals surface area (Å²) in [7, 11) is 0. The Bertz CT molecular complexity index is 1110. The van der Waals surface area contributed by atoms with Crippen molar-refractivity contribution in [1.29, 1.82) is 10.8 Å². The van der Waals surface area contributed by atoms with Gasteiger partial charge in [-0.1, -0.05) is 34.8 Å². The van der Waals surface area contributed by atoms with E-state index in [2.05, 4.69) is 11.0 Å². The minimum Gasteiger partial charge on any atom is -0.281 e. The van der Waals surface area contributed by atoms with E-state index in [1.165, 1.54) is 4.57 Å². The van der Waals surface area contributed by atoms with Crippen LogP contribution in [0.5, 0.6) is 0 Å². The first-order chi connectivity index (χ1) is 12.9. The number of nitrogens with one attached hydrogen (secondary N) is 4. The summed E-state index contributed by atoms with van der Waals surface area (Å²) in [6, 6.07) is 10.3. The van der Waals surface area contributed by atoms with Gasteiger partial charge >= 0.3 is 0 Å². The van der Waals surface area contributed by atoms with E-state index >= 15 is 0 Å². The lowest BCUT2D eigenvalue weighted by molar-refractivity contribution is 0.279. The maximum atomic E-state index is 8.55. The number of aromatic nitrogens is 2. The molecule has 0 radical (unpaired) electrons. The van der Waals surface area contributed by atoms with Gasteiger partial charge in [-0.3, -0.25) is 20.0 Å². The highest BCUT2D eigenvalue weighted by molar-refractivity contribution is 6.42. The van der Waals surface area contributed by atoms with E-state index < -0.39 is 0 Å². The number of rotatable bonds is 2. The largest absolute Gasteiger partial charge is 0.281 e. The Balaban J connectivity index is 2.03. The van der Waals surface area contributed by atoms with Gasteiger partial charge in [-0.2, -0.15) is 4.94 Å². The molecular formula is C17H13Cl3N6O. The van der Waals surface area contributed by atoms with Crippen LogP contribution in [-0.2, 0) is 4.94 Å². The Morgan fingerprint density at radius 3 is 1.81 bits per heavy atom. The minimum absolute atomic E-state index is 0.0543. The van der Waals surface area contributed by atoms with Crippen molar-refractivity contribution in [2.45, 2.75) is 6.92 Å². The smallest absolute Gasteiger partial charge is 0.182 e. The van der Waals surface area contributed by atoms with Crippen molar-refractivity contribution in [3.05, 3.63) is 68.0 Å². The van der Waals surface area contributed by atoms with Crippen LogP contribution in [-0.4, -0.2) is 9.13 Å². The second kappa shape index (κ2) is 6.61. The average molecular weight is 424 g/mol. The minimum atomic E-state index is -0.0699. The van der Waals surface area contributed by atoms with E-state index in [1.54, 1.807) is 34.9 Å². The van der Waals surface area contributed by atoms with Crippen molar-refractivity contribution in [3.8, 4) is 11.4 Å². The van der Waals surface area contributed by atoms with Gasteiger partial charge in [-0.25, -0.2) is 11.0 Å². The molecule has 0 bridgehead atoms. The van der Waals surface area contributed by atoms with Crippen LogP contribution in [0.3, 0.4) is 0 Å². The van der Waals surface area contributed by atoms with Crippen LogP contribution >= 0.6 is 34.8 Å². The lowest BCUT2D eigenvalue weighted by Crippen LogP contribution is -2.41. The molecule has 0 fully saturated rings. The molecule has 0 amide bonds. The van der Waals surface area contributed by atoms with Crippen molar-refractivity contribution in [3.63, 3.8) is 0 Å². The molecule has 7 nitrogen and oxygen atoms in total. The first-order valence-corrected chi connectivity index (χ1v) is 8.93. The molecule has 0 atom stereocenters. The molecule has 1 aromatic heterocycles. The van der Waals surface area contributed by atoms with Crippen LogP contribution in [0.1, 0.15) is 5.56 Å². The van der Waals surface area contributed by atoms with E-state index in [-0.39, 0.29) is 11.0 Å². The number of nitrogens with zero attached hydrogens (tertiary/aromatic N) is 2. The third-order valence-corrected chi connectivity index (χ3v) is 5.36. The molecule has 0 saturated heterocycles. The average Bonchev–Trinajstić information content (AvgIpc) is 3.10. The highest BCUT2D eigenvalue weighted by Crippen LogP contribution is 2.31. The van der Waals surface area contributed by atoms with Gasteiger partial charge in [0.2, 0.25) is 0 Å². The van der Waals surface area contributed by atoms with Crippen molar-refractivity contribution in [2.75, 3.05) is 11.0 Å². The molecule has 4 N–H and O–H groups in total. The number of hydrogen-bond acceptors (Lipinski definition) is 5. The van der Waals surface area contributed by atoms with Gasteiger partial charge in [0.15, 0.2) is 22.6 Å². The van der Waals surface area contributed by atoms with Crippen molar-refractivity contribution in [2.24, 2.45) is 0 Å². The van der Waals surface area contributed by atoms with Crippen LogP contribution in [0.15, 0.2) is 36.4 Å². The molecule has 1 aliphatic rings. The molecule has 138 valence electrons. The summed E-state index contributed by atoms with van der Waals surface area (Å²) in [5, 5.41) is 18.5. The Morgan fingerprint density at radius 2 is 1.30 bits per heavy atom. The quantitative estimate of drug-likeness (QED) is 0.498. The molecule has 4 rings (SSSR count). The highest BCUT2D eigenvalue weighted by Gasteiger charge is 2.23. The molecule has 0 spiro atoms. The van der Waals surface area contributed by atoms with Crippen molar-refractivity contribution >= 4 is 46.4 Å². The zero-order chi connectivity index (χ0) is 19.3. The Morgan fingerprint density at radius 1 is 0.778 bits per heavy atom. The van der Waals surface area contributed by atoms with E-state index in [9.17, 15) is 0 Å². The Labute approximate surface area is 168 Å². The first-order valence-electron chi connectivity index (χ1n) is 7.79. The monoisotopic (exact) mass is 422 g/mol. The molecule has 3 aromatic rings. The van der Waals surface area contributed by atoms with Gasteiger partial charge in [-0.05, 0) is 48.9 Å². The lowest BCUT2D eigenvalue weighted by Gasteiger charge is -2.17. The molecule has 0 unspecified atom stereocenters. The van der Waals surface area contributed by atoms with Crippen LogP contribution in [0.2, 0.25) is 15.1 Å². The summed E-state index contributed by atoms with van der Waals surface area (Å²) in [5.41, 5.74) is 7.45. The van der Waals surface area contributed by atoms with Crippen LogP contribution in [0.4, 0.5) is 11.6 Å². The second-order valence-electron chi connectivity index (χ2n) is 5.90. The molecule has 10 heteroatoms. The normalized spacial score (nSPS) is 12.4. The zero-order valence-electron chi connectivity index (χ0n) is 13.9. The highest BCUT2D eigenvalue weighted by atomic mass is 35.5. The number of anilines is 2. The summed E-state index contributed by atoms with van der Waals surface area (Å²) in [5.74, 6) is 0.908. The zero-order valence-corrected chi connectivity index (χ0v) is 16.2. The number of hydrogen-bond donors (Lipinski definition) is 4. The molecule has 27 heavy (non-hydrogen) atoms. The van der Waals surface area contributed by atoms with E-state index in [0.29, 0.717) is 38.1 Å². The van der Waals surface area contributed by atoms with Gasteiger partial charge in [0.05, 0.1) is 15.7 Å². The van der Waals surface area contributed by atoms with Gasteiger partial charge < -0.3 is 0 Å². The summed E-state index contributed by atoms with van der Waals surface area (Å²) in [4.78, 5) is 5.16. The van der Waals surface area contributed by atoms with Gasteiger partial charge in [0.1, 0.15) is 0 Å². The molecule has 1 aliphatic heterocycles. The fraction of sp³-hybridized carbons (Fsp3) is 0.0588. The molecular weight excluding hydrogens is 411 g/mol. The van der Waals surface area contributed by atoms with Gasteiger partial charge in [0, 0.05) is 10.7 Å². The molecule has 2 heterocycles. The summed E-state index contributed by atoms with van der Waals surface area (Å²) in [6.45, 7) is 1.87. The van der Waals surface area contributed by atoms with Gasteiger partial charge in [-0.15, -0.1) is 0 Å². The predicted molar refractivity (Wildman–Crippen MR) is 105 cm³/mol. The maximum Gasteiger partial charge on any atom is 0.182 e. The molecule has 2 aromatic carbocycles. The maximum absolute atomic E-state index is 8.55. The summed E-state index contributed by atoms with van der Waals surface area (Å²) in [6.07, 6.45) is 0. The lowest BCUT2D eigenvalue weighted by atomic mass is 10.2. The van der Waals surface area contributed by atoms with Crippen molar-refractivity contribution in [1.82, 2.24) is 9.13 Å². The fourth-order valence-corrected chi connectivity index (χ4v) is 3.28. The number of benzene rings is 2. The van der Waals surface area contributed by atoms with E-state index in [1.807, 2.05) is 13.0 Å². The topological polar surface area (TPSA) is 90.9 Å². The number of fused-ring (bicyclic) bond motifs is 1. The third kappa shape index (κ3) is 2.89. The Kier molecular flexibility index (Phi) is 4.39. The van der Waals surface area contributed by atoms with E-state index in [0.717, 1.165) is 5.56 Å². The Hall–Kier alpha value is -2.45. The van der Waals surface area contributed by atoms with Crippen LogP contribution in [0, 0.1) is 17.7 Å². The predicted octanol–water partition coefficient (Wildman–Crippen LogP) is 4.18. The molecule has 0 saturated carbocycles. The SMILES string of the molecule is Cc1cc(-n2c3c(n(-c4ccc(Cl)c(Cl)c4)c(=N)c2=N)NON3)ccc1Cl. The fourth-order valence-electron chi connectivity index (χ4n) is 2.87. The van der Waals surface area contributed by atoms with Crippen LogP contribution in [0.25, 0.3) is 11.4 Å². The first kappa shape index (κ1) is 17.9. The third-order valence-electron chi connectivity index (χ3n) is 4.20. The second-order valence-corrected chi connectivity index (χ2v) is 7.12. The summed E-state index contributed by atoms with van der Waals surface area (Å²) < 4.78 is 3.08. The van der Waals surface area contributed by atoms with Gasteiger partial charge in [0.25, 0.3) is 0 Å². The van der Waals surface area contributed by atoms with Crippen LogP contribution < -0.4 is 21.9 Å².